The molecule has 9 heteroatoms. The van der Waals surface area contributed by atoms with Gasteiger partial charge in [-0.3, -0.25) is 14.4 Å². The highest BCUT2D eigenvalue weighted by Crippen LogP contribution is 2.23. The minimum absolute atomic E-state index is 0.0837. The molecule has 0 fully saturated rings. The summed E-state index contributed by atoms with van der Waals surface area (Å²) in [5, 5.41) is 5.37. The summed E-state index contributed by atoms with van der Waals surface area (Å²) >= 11 is 0. The number of primary amides is 1. The Morgan fingerprint density at radius 1 is 1.15 bits per heavy atom. The number of rotatable bonds is 10. The van der Waals surface area contributed by atoms with Crippen molar-refractivity contribution in [3.8, 4) is 0 Å². The van der Waals surface area contributed by atoms with E-state index in [4.69, 9.17) is 10.5 Å². The summed E-state index contributed by atoms with van der Waals surface area (Å²) in [6.07, 6.45) is 0.389. The molecule has 9 nitrogen and oxygen atoms in total. The molecule has 3 atom stereocenters. The third-order valence-corrected chi connectivity index (χ3v) is 4.85. The highest BCUT2D eigenvalue weighted by molar-refractivity contribution is 5.94. The van der Waals surface area contributed by atoms with E-state index in [1.807, 2.05) is 32.9 Å². The fourth-order valence-electron chi connectivity index (χ4n) is 3.44. The van der Waals surface area contributed by atoms with E-state index < -0.39 is 42.0 Å². The van der Waals surface area contributed by atoms with Crippen LogP contribution in [-0.4, -0.2) is 53.4 Å². The number of carbonyl (C=O) groups is 4. The van der Waals surface area contributed by atoms with Crippen molar-refractivity contribution in [2.75, 3.05) is 7.05 Å². The van der Waals surface area contributed by atoms with Crippen LogP contribution in [0.15, 0.2) is 24.3 Å². The fourth-order valence-corrected chi connectivity index (χ4v) is 3.44. The van der Waals surface area contributed by atoms with Crippen LogP contribution in [0.4, 0.5) is 4.79 Å². The number of carbonyl (C=O) groups excluding carboxylic acids is 4. The second kappa shape index (κ2) is 12.2. The van der Waals surface area contributed by atoms with Gasteiger partial charge in [0.05, 0.1) is 6.42 Å². The van der Waals surface area contributed by atoms with E-state index in [1.165, 1.54) is 11.9 Å². The van der Waals surface area contributed by atoms with Gasteiger partial charge in [-0.05, 0) is 46.6 Å². The lowest BCUT2D eigenvalue weighted by Crippen LogP contribution is -2.53. The topological polar surface area (TPSA) is 131 Å². The molecule has 0 aliphatic heterocycles. The number of hydrogen-bond donors (Lipinski definition) is 3. The smallest absolute Gasteiger partial charge is 0.408 e. The van der Waals surface area contributed by atoms with Gasteiger partial charge in [-0.15, -0.1) is 0 Å². The highest BCUT2D eigenvalue weighted by Gasteiger charge is 2.35. The van der Waals surface area contributed by atoms with E-state index in [0.717, 1.165) is 18.4 Å². The largest absolute Gasteiger partial charge is 0.444 e. The molecule has 0 saturated heterocycles. The lowest BCUT2D eigenvalue weighted by atomic mass is 10.0. The van der Waals surface area contributed by atoms with Crippen LogP contribution in [0.5, 0.6) is 0 Å². The van der Waals surface area contributed by atoms with Gasteiger partial charge < -0.3 is 26.0 Å². The second-order valence-corrected chi connectivity index (χ2v) is 9.33. The van der Waals surface area contributed by atoms with Gasteiger partial charge in [0.15, 0.2) is 0 Å². The number of alkyl carbamates (subject to hydrolysis) is 1. The van der Waals surface area contributed by atoms with Crippen LogP contribution in [0.25, 0.3) is 0 Å². The molecule has 0 heterocycles. The zero-order valence-corrected chi connectivity index (χ0v) is 20.7. The maximum Gasteiger partial charge on any atom is 0.408 e. The molecule has 4 N–H and O–H groups in total. The molecule has 0 spiro atoms. The number of nitrogens with one attached hydrogen (secondary N) is 2. The number of hydrogen-bond acceptors (Lipinski definition) is 5. The van der Waals surface area contributed by atoms with Gasteiger partial charge >= 0.3 is 6.09 Å². The highest BCUT2D eigenvalue weighted by atomic mass is 16.6. The Morgan fingerprint density at radius 3 is 2.30 bits per heavy atom. The van der Waals surface area contributed by atoms with E-state index in [2.05, 4.69) is 10.6 Å². The standard InChI is InChI=1S/C24H38N4O5/c1-8-10-16(3)26-21(30)20(17-12-9-11-15(2)13-17)28(7)22(31)18(14-19(25)29)27-23(32)33-24(4,5)6/h9,11-13,16,18,20H,8,10,14H2,1-7H3,(H2,25,29)(H,26,30)(H,27,32). The van der Waals surface area contributed by atoms with Gasteiger partial charge in [-0.1, -0.05) is 43.2 Å². The SMILES string of the molecule is CCCC(C)NC(=O)C(c1cccc(C)c1)N(C)C(=O)C(CC(N)=O)NC(=O)OC(C)(C)C. The first-order valence-electron chi connectivity index (χ1n) is 11.2. The van der Waals surface area contributed by atoms with Gasteiger partial charge in [0.25, 0.3) is 0 Å². The van der Waals surface area contributed by atoms with Crippen LogP contribution in [0, 0.1) is 6.92 Å². The van der Waals surface area contributed by atoms with Crippen LogP contribution in [0.1, 0.15) is 71.0 Å². The molecule has 0 aliphatic carbocycles. The second-order valence-electron chi connectivity index (χ2n) is 9.33. The van der Waals surface area contributed by atoms with Crippen molar-refractivity contribution in [1.82, 2.24) is 15.5 Å². The first-order chi connectivity index (χ1) is 15.2. The predicted octanol–water partition coefficient (Wildman–Crippen LogP) is 2.57. The minimum atomic E-state index is -1.28. The Bertz CT molecular complexity index is 850. The number of nitrogens with zero attached hydrogens (tertiary/aromatic N) is 1. The minimum Gasteiger partial charge on any atom is -0.444 e. The Morgan fingerprint density at radius 2 is 1.79 bits per heavy atom. The van der Waals surface area contributed by atoms with Crippen LogP contribution < -0.4 is 16.4 Å². The first-order valence-corrected chi connectivity index (χ1v) is 11.2. The molecule has 0 saturated carbocycles. The monoisotopic (exact) mass is 462 g/mol. The van der Waals surface area contributed by atoms with Crippen LogP contribution in [-0.2, 0) is 19.1 Å². The number of benzene rings is 1. The molecule has 1 aromatic rings. The summed E-state index contributed by atoms with van der Waals surface area (Å²) in [5.74, 6) is -1.76. The van der Waals surface area contributed by atoms with Gasteiger partial charge in [0.1, 0.15) is 17.7 Å². The van der Waals surface area contributed by atoms with Crippen molar-refractivity contribution in [3.63, 3.8) is 0 Å². The molecule has 0 aliphatic rings. The van der Waals surface area contributed by atoms with Gasteiger partial charge in [-0.2, -0.15) is 0 Å². The number of ether oxygens (including phenoxy) is 1. The fraction of sp³-hybridized carbons (Fsp3) is 0.583. The van der Waals surface area contributed by atoms with Crippen LogP contribution in [0.2, 0.25) is 0 Å². The summed E-state index contributed by atoms with van der Waals surface area (Å²) in [7, 11) is 1.46. The normalized spacial score (nSPS) is 13.9. The zero-order valence-electron chi connectivity index (χ0n) is 20.7. The third-order valence-electron chi connectivity index (χ3n) is 4.85. The molecule has 1 rings (SSSR count). The zero-order chi connectivity index (χ0) is 25.3. The summed E-state index contributed by atoms with van der Waals surface area (Å²) in [6, 6.07) is 4.94. The average Bonchev–Trinajstić information content (AvgIpc) is 2.65. The third kappa shape index (κ3) is 9.51. The maximum atomic E-state index is 13.4. The Hall–Kier alpha value is -3.10. The summed E-state index contributed by atoms with van der Waals surface area (Å²) < 4.78 is 5.22. The molecule has 33 heavy (non-hydrogen) atoms. The van der Waals surface area contributed by atoms with Gasteiger partial charge in [0, 0.05) is 13.1 Å². The Balaban J connectivity index is 3.25. The molecular weight excluding hydrogens is 424 g/mol. The molecule has 0 bridgehead atoms. The van der Waals surface area contributed by atoms with Gasteiger partial charge in [0.2, 0.25) is 17.7 Å². The molecule has 184 valence electrons. The quantitative estimate of drug-likeness (QED) is 0.492. The number of nitrogens with two attached hydrogens (primary N) is 1. The number of aryl methyl sites for hydroxylation is 1. The number of amides is 4. The van der Waals surface area contributed by atoms with Crippen molar-refractivity contribution >= 4 is 23.8 Å². The summed E-state index contributed by atoms with van der Waals surface area (Å²) in [6.45, 7) is 10.8. The molecule has 4 amide bonds. The van der Waals surface area contributed by atoms with E-state index in [-0.39, 0.29) is 11.9 Å². The molecule has 1 aromatic carbocycles. The van der Waals surface area contributed by atoms with Crippen molar-refractivity contribution in [2.24, 2.45) is 5.73 Å². The van der Waals surface area contributed by atoms with E-state index >= 15 is 0 Å². The van der Waals surface area contributed by atoms with Gasteiger partial charge in [-0.25, -0.2) is 4.79 Å². The van der Waals surface area contributed by atoms with Crippen molar-refractivity contribution in [1.29, 1.82) is 0 Å². The first kappa shape index (κ1) is 27.9. The predicted molar refractivity (Wildman–Crippen MR) is 126 cm³/mol. The lowest BCUT2D eigenvalue weighted by molar-refractivity contribution is -0.142. The van der Waals surface area contributed by atoms with E-state index in [9.17, 15) is 19.2 Å². The van der Waals surface area contributed by atoms with Crippen molar-refractivity contribution in [3.05, 3.63) is 35.4 Å². The molecule has 0 aromatic heterocycles. The van der Waals surface area contributed by atoms with Crippen LogP contribution >= 0.6 is 0 Å². The van der Waals surface area contributed by atoms with E-state index in [1.54, 1.807) is 32.9 Å². The van der Waals surface area contributed by atoms with Crippen molar-refractivity contribution in [2.45, 2.75) is 84.5 Å². The average molecular weight is 463 g/mol. The molecule has 0 radical (unpaired) electrons. The maximum absolute atomic E-state index is 13.4. The Labute approximate surface area is 196 Å². The Kier molecular flexibility index (Phi) is 10.3. The van der Waals surface area contributed by atoms with Crippen LogP contribution in [0.3, 0.4) is 0 Å². The number of likely N-dealkylation sites (N-methyl/N-ethyl adjacent to an activating group) is 1. The van der Waals surface area contributed by atoms with Crippen molar-refractivity contribution < 1.29 is 23.9 Å². The lowest BCUT2D eigenvalue weighted by Gasteiger charge is -2.32. The summed E-state index contributed by atoms with van der Waals surface area (Å²) in [5.41, 5.74) is 6.06. The summed E-state index contributed by atoms with van der Waals surface area (Å²) in [4.78, 5) is 51.7. The molecule has 3 unspecified atom stereocenters. The molecular formula is C24H38N4O5. The van der Waals surface area contributed by atoms with E-state index in [0.29, 0.717) is 5.56 Å².